The van der Waals surface area contributed by atoms with Crippen LogP contribution in [0.15, 0.2) is 65.8 Å². The Kier molecular flexibility index (Phi) is 8.57. The highest BCUT2D eigenvalue weighted by Crippen LogP contribution is 2.24. The molecule has 9 heteroatoms. The van der Waals surface area contributed by atoms with Gasteiger partial charge < -0.3 is 15.7 Å². The topological polar surface area (TPSA) is 104 Å². The lowest BCUT2D eigenvalue weighted by molar-refractivity contribution is 0.282. The molecule has 33 heavy (non-hydrogen) atoms. The maximum absolute atomic E-state index is 12.8. The minimum Gasteiger partial charge on any atom is -0.392 e. The number of sulfone groups is 1. The first kappa shape index (κ1) is 24.9. The lowest BCUT2D eigenvalue weighted by Gasteiger charge is -2.22. The number of aliphatic hydroxyl groups excluding tert-OH is 1. The van der Waals surface area contributed by atoms with E-state index in [4.69, 9.17) is 0 Å². The number of hydrogen-bond donors (Lipinski definition) is 3. The average Bonchev–Trinajstić information content (AvgIpc) is 2.84. The zero-order chi connectivity index (χ0) is 22.4. The zero-order valence-corrected chi connectivity index (χ0v) is 19.6. The number of nitrogens with zero attached hydrogens (tertiary/aromatic N) is 2. The molecule has 174 valence electrons. The summed E-state index contributed by atoms with van der Waals surface area (Å²) in [5.74, 6) is 0.429. The van der Waals surface area contributed by atoms with E-state index >= 15 is 0 Å². The van der Waals surface area contributed by atoms with E-state index in [1.807, 2.05) is 36.4 Å². The molecule has 1 saturated heterocycles. The highest BCUT2D eigenvalue weighted by molar-refractivity contribution is 7.92. The molecule has 3 aromatic rings. The van der Waals surface area contributed by atoms with Crippen LogP contribution in [0.25, 0.3) is 12.2 Å². The molecule has 0 saturated carbocycles. The van der Waals surface area contributed by atoms with E-state index in [0.717, 1.165) is 35.5 Å². The van der Waals surface area contributed by atoms with Crippen LogP contribution in [0.5, 0.6) is 0 Å². The molecule has 0 unspecified atom stereocenters. The predicted molar refractivity (Wildman–Crippen MR) is 133 cm³/mol. The van der Waals surface area contributed by atoms with Crippen molar-refractivity contribution in [2.24, 2.45) is 0 Å². The molecule has 0 aliphatic carbocycles. The Morgan fingerprint density at radius 3 is 2.33 bits per heavy atom. The van der Waals surface area contributed by atoms with Crippen molar-refractivity contribution in [1.82, 2.24) is 15.3 Å². The fraction of sp³-hybridized carbons (Fsp3) is 0.250. The minimum atomic E-state index is -3.31. The fourth-order valence-electron chi connectivity index (χ4n) is 3.63. The number of hydrogen-bond acceptors (Lipinski definition) is 7. The maximum Gasteiger partial charge on any atom is 0.227 e. The second kappa shape index (κ2) is 11.4. The van der Waals surface area contributed by atoms with Crippen LogP contribution in [0.4, 0.5) is 11.6 Å². The summed E-state index contributed by atoms with van der Waals surface area (Å²) in [5, 5.41) is 15.2. The standard InChI is InChI=1S/C24H26N4O3S.ClH/c29-17-19-3-1-2-18(14-19)4-5-20-15-26-24(27-16-20)28-21-6-8-22(9-7-21)32(30,31)23-10-12-25-13-11-23;/h1-9,14-16,23,25,29H,10-13,17H2,(H,26,27,28);1H/b5-4+;. The van der Waals surface area contributed by atoms with Crippen molar-refractivity contribution in [3.8, 4) is 0 Å². The molecule has 0 radical (unpaired) electrons. The molecule has 0 amide bonds. The van der Waals surface area contributed by atoms with Crippen molar-refractivity contribution in [2.45, 2.75) is 29.6 Å². The van der Waals surface area contributed by atoms with E-state index < -0.39 is 9.84 Å². The molecule has 0 atom stereocenters. The zero-order valence-electron chi connectivity index (χ0n) is 18.0. The van der Waals surface area contributed by atoms with Gasteiger partial charge in [-0.05, 0) is 67.4 Å². The van der Waals surface area contributed by atoms with Crippen LogP contribution in [-0.2, 0) is 16.4 Å². The lowest BCUT2D eigenvalue weighted by atomic mass is 10.1. The van der Waals surface area contributed by atoms with Crippen LogP contribution in [-0.4, -0.2) is 41.8 Å². The van der Waals surface area contributed by atoms with Crippen molar-refractivity contribution in [3.63, 3.8) is 0 Å². The molecule has 3 N–H and O–H groups in total. The van der Waals surface area contributed by atoms with Gasteiger partial charge in [-0.25, -0.2) is 18.4 Å². The van der Waals surface area contributed by atoms with Crippen molar-refractivity contribution >= 4 is 46.0 Å². The summed E-state index contributed by atoms with van der Waals surface area (Å²) in [6, 6.07) is 14.4. The van der Waals surface area contributed by atoms with Gasteiger partial charge in [0.15, 0.2) is 9.84 Å². The summed E-state index contributed by atoms with van der Waals surface area (Å²) in [4.78, 5) is 9.00. The predicted octanol–water partition coefficient (Wildman–Crippen LogP) is 3.83. The number of aromatic nitrogens is 2. The quantitative estimate of drug-likeness (QED) is 0.466. The highest BCUT2D eigenvalue weighted by Gasteiger charge is 2.28. The lowest BCUT2D eigenvalue weighted by Crippen LogP contribution is -2.35. The number of piperidine rings is 1. The molecule has 1 aromatic heterocycles. The van der Waals surface area contributed by atoms with Gasteiger partial charge in [-0.3, -0.25) is 0 Å². The molecule has 1 aliphatic heterocycles. The largest absolute Gasteiger partial charge is 0.392 e. The first-order chi connectivity index (χ1) is 15.5. The van der Waals surface area contributed by atoms with Gasteiger partial charge in [-0.15, -0.1) is 12.4 Å². The van der Waals surface area contributed by atoms with Gasteiger partial charge in [0.25, 0.3) is 0 Å². The number of benzene rings is 2. The minimum absolute atomic E-state index is 0. The summed E-state index contributed by atoms with van der Waals surface area (Å²) < 4.78 is 25.6. The number of anilines is 2. The van der Waals surface area contributed by atoms with Gasteiger partial charge >= 0.3 is 0 Å². The molecular weight excluding hydrogens is 460 g/mol. The molecule has 1 fully saturated rings. The van der Waals surface area contributed by atoms with Crippen LogP contribution >= 0.6 is 12.4 Å². The van der Waals surface area contributed by atoms with Crippen LogP contribution in [0, 0.1) is 0 Å². The Labute approximate surface area is 200 Å². The number of rotatable bonds is 7. The van der Waals surface area contributed by atoms with E-state index in [0.29, 0.717) is 23.7 Å². The van der Waals surface area contributed by atoms with Gasteiger partial charge in [-0.2, -0.15) is 0 Å². The van der Waals surface area contributed by atoms with Crippen molar-refractivity contribution in [2.75, 3.05) is 18.4 Å². The van der Waals surface area contributed by atoms with Crippen molar-refractivity contribution < 1.29 is 13.5 Å². The molecule has 1 aliphatic rings. The van der Waals surface area contributed by atoms with E-state index in [9.17, 15) is 13.5 Å². The molecule has 4 rings (SSSR count). The normalized spacial score (nSPS) is 14.7. The number of aliphatic hydroxyl groups is 1. The summed E-state index contributed by atoms with van der Waals surface area (Å²) >= 11 is 0. The second-order valence-corrected chi connectivity index (χ2v) is 9.95. The highest BCUT2D eigenvalue weighted by atomic mass is 35.5. The van der Waals surface area contributed by atoms with Gasteiger partial charge in [0, 0.05) is 23.6 Å². The molecule has 0 bridgehead atoms. The van der Waals surface area contributed by atoms with Crippen molar-refractivity contribution in [1.29, 1.82) is 0 Å². The molecule has 7 nitrogen and oxygen atoms in total. The summed E-state index contributed by atoms with van der Waals surface area (Å²) in [6.07, 6.45) is 8.54. The van der Waals surface area contributed by atoms with Crippen LogP contribution < -0.4 is 10.6 Å². The number of nitrogens with one attached hydrogen (secondary N) is 2. The average molecular weight is 487 g/mol. The smallest absolute Gasteiger partial charge is 0.227 e. The Morgan fingerprint density at radius 1 is 1.00 bits per heavy atom. The third-order valence-corrected chi connectivity index (χ3v) is 7.72. The monoisotopic (exact) mass is 486 g/mol. The SMILES string of the molecule is Cl.O=S(=O)(c1ccc(Nc2ncc(/C=C/c3cccc(CO)c3)cn2)cc1)C1CCNCC1. The Bertz CT molecular complexity index is 1180. The van der Waals surface area contributed by atoms with Gasteiger partial charge in [0.1, 0.15) is 0 Å². The first-order valence-corrected chi connectivity index (χ1v) is 12.1. The molecular formula is C24H27ClN4O3S. The van der Waals surface area contributed by atoms with Gasteiger partial charge in [0.05, 0.1) is 16.8 Å². The van der Waals surface area contributed by atoms with E-state index in [-0.39, 0.29) is 24.3 Å². The van der Waals surface area contributed by atoms with Gasteiger partial charge in [0.2, 0.25) is 5.95 Å². The first-order valence-electron chi connectivity index (χ1n) is 10.6. The summed E-state index contributed by atoms with van der Waals surface area (Å²) in [5.41, 5.74) is 3.41. The molecule has 2 aromatic carbocycles. The molecule has 0 spiro atoms. The van der Waals surface area contributed by atoms with E-state index in [1.165, 1.54) is 0 Å². The fourth-order valence-corrected chi connectivity index (χ4v) is 5.39. The Balaban J connectivity index is 0.00000306. The third-order valence-electron chi connectivity index (χ3n) is 5.44. The van der Waals surface area contributed by atoms with Crippen LogP contribution in [0.2, 0.25) is 0 Å². The van der Waals surface area contributed by atoms with Crippen LogP contribution in [0.3, 0.4) is 0 Å². The van der Waals surface area contributed by atoms with E-state index in [2.05, 4.69) is 20.6 Å². The van der Waals surface area contributed by atoms with Gasteiger partial charge in [-0.1, -0.05) is 30.4 Å². The molecule has 2 heterocycles. The maximum atomic E-state index is 12.8. The van der Waals surface area contributed by atoms with Crippen molar-refractivity contribution in [3.05, 3.63) is 77.6 Å². The number of halogens is 1. The Morgan fingerprint density at radius 2 is 1.67 bits per heavy atom. The Hall–Kier alpha value is -2.78. The third kappa shape index (κ3) is 6.39. The second-order valence-electron chi connectivity index (χ2n) is 7.72. The summed E-state index contributed by atoms with van der Waals surface area (Å²) in [7, 11) is -3.31. The summed E-state index contributed by atoms with van der Waals surface area (Å²) in [6.45, 7) is 1.48. The van der Waals surface area contributed by atoms with Crippen LogP contribution in [0.1, 0.15) is 29.5 Å². The van der Waals surface area contributed by atoms with E-state index in [1.54, 1.807) is 36.7 Å².